The second-order valence-corrected chi connectivity index (χ2v) is 8.80. The summed E-state index contributed by atoms with van der Waals surface area (Å²) in [5.74, 6) is -0.0625. The zero-order chi connectivity index (χ0) is 22.9. The Morgan fingerprint density at radius 1 is 0.882 bits per heavy atom. The number of rotatable bonds is 2. The Morgan fingerprint density at radius 2 is 1.59 bits per heavy atom. The van der Waals surface area contributed by atoms with Crippen LogP contribution in [0.1, 0.15) is 36.1 Å². The van der Waals surface area contributed by atoms with E-state index in [9.17, 15) is 4.79 Å². The van der Waals surface area contributed by atoms with Gasteiger partial charge in [-0.15, -0.1) is 28.8 Å². The van der Waals surface area contributed by atoms with Crippen molar-refractivity contribution in [3.8, 4) is 22.4 Å². The van der Waals surface area contributed by atoms with E-state index in [2.05, 4.69) is 66.7 Å². The van der Waals surface area contributed by atoms with Gasteiger partial charge in [0.1, 0.15) is 0 Å². The van der Waals surface area contributed by atoms with Crippen LogP contribution in [0.2, 0.25) is 0 Å². The molecule has 6 rings (SSSR count). The van der Waals surface area contributed by atoms with Gasteiger partial charge >= 0.3 is 0 Å². The summed E-state index contributed by atoms with van der Waals surface area (Å²) in [6, 6.07) is 25.5. The number of allylic oxidation sites excluding steroid dienone is 2. The summed E-state index contributed by atoms with van der Waals surface area (Å²) < 4.78 is 0. The van der Waals surface area contributed by atoms with Gasteiger partial charge in [-0.05, 0) is 67.8 Å². The molecule has 1 N–H and O–H groups in total. The van der Waals surface area contributed by atoms with Gasteiger partial charge in [-0.3, -0.25) is 9.78 Å². The van der Waals surface area contributed by atoms with E-state index in [0.29, 0.717) is 0 Å². The van der Waals surface area contributed by atoms with Crippen LogP contribution in [-0.2, 0) is 50.6 Å². The minimum atomic E-state index is -0.125. The molecule has 2 aliphatic carbocycles. The fraction of sp³-hybridized carbons (Fsp3) is 0.200. The number of benzene rings is 3. The van der Waals surface area contributed by atoms with Gasteiger partial charge in [0.25, 0.3) is 0 Å². The molecule has 3 nitrogen and oxygen atoms in total. The summed E-state index contributed by atoms with van der Waals surface area (Å²) in [5, 5.41) is 9.55. The maximum Gasteiger partial charge on any atom is 0.155 e. The molecule has 0 saturated heterocycles. The van der Waals surface area contributed by atoms with Crippen LogP contribution in [0.5, 0.6) is 0 Å². The third-order valence-electron chi connectivity index (χ3n) is 6.31. The molecule has 0 atom stereocenters. The van der Waals surface area contributed by atoms with Gasteiger partial charge in [-0.25, -0.2) is 0 Å². The Hall–Kier alpha value is -3.07. The first-order valence-electron chi connectivity index (χ1n) is 11.4. The number of hydrogen-bond acceptors (Lipinski definition) is 3. The van der Waals surface area contributed by atoms with E-state index >= 15 is 0 Å². The van der Waals surface area contributed by atoms with Gasteiger partial charge in [0.15, 0.2) is 5.78 Å². The normalized spacial score (nSPS) is 13.3. The summed E-state index contributed by atoms with van der Waals surface area (Å²) in [5.41, 5.74) is 12.1. The Balaban J connectivity index is 0.000000303. The molecule has 0 bridgehead atoms. The number of para-hydroxylation sites is 1. The van der Waals surface area contributed by atoms with E-state index in [0.717, 1.165) is 42.5 Å². The number of carbonyl (C=O) groups excluding carboxylic acids is 1. The van der Waals surface area contributed by atoms with Crippen LogP contribution in [0.3, 0.4) is 0 Å². The molecule has 1 aromatic heterocycles. The predicted octanol–water partition coefficient (Wildman–Crippen LogP) is 6.60. The van der Waals surface area contributed by atoms with Crippen molar-refractivity contribution in [2.45, 2.75) is 39.5 Å². The minimum absolute atomic E-state index is 0. The van der Waals surface area contributed by atoms with E-state index in [1.807, 2.05) is 0 Å². The number of fused-ring (bicyclic) bond motifs is 1. The predicted molar refractivity (Wildman–Crippen MR) is 133 cm³/mol. The van der Waals surface area contributed by atoms with Crippen molar-refractivity contribution in [2.24, 2.45) is 0 Å². The molecule has 0 spiro atoms. The number of aromatic nitrogens is 1. The van der Waals surface area contributed by atoms with Crippen LogP contribution in [-0.4, -0.2) is 15.9 Å². The minimum Gasteiger partial charge on any atom is -0.512 e. The average Bonchev–Trinajstić information content (AvgIpc) is 2.81. The van der Waals surface area contributed by atoms with Gasteiger partial charge in [-0.2, -0.15) is 0 Å². The SMILES string of the molecule is CC(=O)/C=C(/C)O.[Ir].[c-]1c(-c2ccc3ccccc3n2)cc2c3c1CCc1cccc(c1-3)CC2. The Bertz CT molecular complexity index is 1370. The molecule has 0 amide bonds. The molecule has 0 saturated carbocycles. The molecule has 4 heteroatoms. The maximum absolute atomic E-state index is 10.0. The number of aryl methyl sites for hydroxylation is 4. The van der Waals surface area contributed by atoms with Crippen LogP contribution in [0.25, 0.3) is 33.3 Å². The topological polar surface area (TPSA) is 50.2 Å². The molecular formula is C30H26IrNO2-. The van der Waals surface area contributed by atoms with Crippen LogP contribution in [0, 0.1) is 6.07 Å². The van der Waals surface area contributed by atoms with Gasteiger partial charge in [0.05, 0.1) is 11.3 Å². The Labute approximate surface area is 213 Å². The molecular weight excluding hydrogens is 599 g/mol. The molecule has 3 aromatic carbocycles. The van der Waals surface area contributed by atoms with Crippen LogP contribution < -0.4 is 0 Å². The van der Waals surface area contributed by atoms with Crippen LogP contribution >= 0.6 is 0 Å². The number of hydrogen-bond donors (Lipinski definition) is 1. The Kier molecular flexibility index (Phi) is 7.11. The number of carbonyl (C=O) groups is 1. The maximum atomic E-state index is 10.0. The van der Waals surface area contributed by atoms with E-state index in [1.165, 1.54) is 58.7 Å². The molecule has 0 unspecified atom stereocenters. The fourth-order valence-corrected chi connectivity index (χ4v) is 4.97. The summed E-state index contributed by atoms with van der Waals surface area (Å²) in [6.07, 6.45) is 5.64. The third-order valence-corrected chi connectivity index (χ3v) is 6.31. The van der Waals surface area contributed by atoms with Crippen molar-refractivity contribution in [3.05, 3.63) is 101 Å². The van der Waals surface area contributed by atoms with E-state index < -0.39 is 0 Å². The third kappa shape index (κ3) is 4.75. The van der Waals surface area contributed by atoms with Crippen LogP contribution in [0.15, 0.2) is 72.5 Å². The molecule has 34 heavy (non-hydrogen) atoms. The first-order chi connectivity index (χ1) is 16.0. The second kappa shape index (κ2) is 10.0. The van der Waals surface area contributed by atoms with Gasteiger partial charge in [0, 0.05) is 26.2 Å². The van der Waals surface area contributed by atoms with E-state index in [-0.39, 0.29) is 31.6 Å². The second-order valence-electron chi connectivity index (χ2n) is 8.80. The zero-order valence-electron chi connectivity index (χ0n) is 19.3. The molecule has 0 fully saturated rings. The number of ketones is 1. The summed E-state index contributed by atoms with van der Waals surface area (Å²) in [4.78, 5) is 14.9. The molecule has 2 aliphatic rings. The first-order valence-corrected chi connectivity index (χ1v) is 11.4. The van der Waals surface area contributed by atoms with Crippen molar-refractivity contribution < 1.29 is 30.0 Å². The average molecular weight is 625 g/mol. The Morgan fingerprint density at radius 3 is 2.29 bits per heavy atom. The van der Waals surface area contributed by atoms with E-state index in [1.54, 1.807) is 0 Å². The number of aliphatic hydroxyl groups excluding tert-OH is 1. The monoisotopic (exact) mass is 625 g/mol. The quantitative estimate of drug-likeness (QED) is 0.155. The fourth-order valence-electron chi connectivity index (χ4n) is 4.97. The standard InChI is InChI=1S/C25H18N.C5H8O2.Ir/c1-2-7-22-16(4-1)12-13-23(26-22)21-14-19-10-8-17-5-3-6-18-9-11-20(15-21)25(19)24(17)18;1-4(6)3-5(2)7;/h1-7,12-14H,8-11H2;3,6H,1-2H3;/q-1;;/b;4-3-;. The first kappa shape index (κ1) is 24.1. The van der Waals surface area contributed by atoms with Gasteiger partial charge in [0.2, 0.25) is 0 Å². The summed E-state index contributed by atoms with van der Waals surface area (Å²) >= 11 is 0. The smallest absolute Gasteiger partial charge is 0.155 e. The molecule has 4 aromatic rings. The zero-order valence-corrected chi connectivity index (χ0v) is 21.7. The molecule has 0 aliphatic heterocycles. The van der Waals surface area contributed by atoms with Crippen molar-refractivity contribution in [3.63, 3.8) is 0 Å². The largest absolute Gasteiger partial charge is 0.512 e. The van der Waals surface area contributed by atoms with Crippen molar-refractivity contribution in [1.29, 1.82) is 0 Å². The van der Waals surface area contributed by atoms with Crippen molar-refractivity contribution >= 4 is 16.7 Å². The molecule has 173 valence electrons. The number of aliphatic hydroxyl groups is 1. The summed E-state index contributed by atoms with van der Waals surface area (Å²) in [7, 11) is 0. The van der Waals surface area contributed by atoms with Crippen LogP contribution in [0.4, 0.5) is 0 Å². The van der Waals surface area contributed by atoms with Gasteiger partial charge in [-0.1, -0.05) is 59.7 Å². The number of nitrogens with zero attached hydrogens (tertiary/aromatic N) is 1. The molecule has 1 radical (unpaired) electrons. The summed E-state index contributed by atoms with van der Waals surface area (Å²) in [6.45, 7) is 2.85. The number of pyridine rings is 1. The van der Waals surface area contributed by atoms with Crippen molar-refractivity contribution in [1.82, 2.24) is 4.98 Å². The van der Waals surface area contributed by atoms with E-state index in [4.69, 9.17) is 10.1 Å². The van der Waals surface area contributed by atoms with Crippen molar-refractivity contribution in [2.75, 3.05) is 0 Å². The van der Waals surface area contributed by atoms with Gasteiger partial charge < -0.3 is 5.11 Å². The molecule has 1 heterocycles.